The maximum absolute atomic E-state index is 5.97. The number of rotatable bonds is 5. The molecule has 0 aliphatic heterocycles. The molecule has 32 heavy (non-hydrogen) atoms. The molecule has 0 heterocycles. The smallest absolute Gasteiger partial charge is 0.0470 e. The van der Waals surface area contributed by atoms with Gasteiger partial charge in [-0.05, 0) is 58.1 Å². The van der Waals surface area contributed by atoms with Crippen LogP contribution in [-0.4, -0.2) is 0 Å². The van der Waals surface area contributed by atoms with Crippen LogP contribution in [-0.2, 0) is 0 Å². The predicted octanol–water partition coefficient (Wildman–Crippen LogP) is 8.01. The molecule has 3 N–H and O–H groups in total. The maximum Gasteiger partial charge on any atom is 0.0470 e. The van der Waals surface area contributed by atoms with Crippen LogP contribution >= 0.6 is 0 Å². The van der Waals surface area contributed by atoms with Gasteiger partial charge in [-0.25, -0.2) is 0 Å². The molecule has 5 aromatic carbocycles. The molecule has 0 radical (unpaired) electrons. The molecule has 0 unspecified atom stereocenters. The summed E-state index contributed by atoms with van der Waals surface area (Å²) in [6, 6.07) is 44.0. The van der Waals surface area contributed by atoms with Crippen LogP contribution in [0.3, 0.4) is 0 Å². The van der Waals surface area contributed by atoms with Crippen LogP contribution in [0.1, 0.15) is 0 Å². The van der Waals surface area contributed by atoms with Crippen molar-refractivity contribution in [1.29, 1.82) is 0 Å². The number of para-hydroxylation sites is 1. The van der Waals surface area contributed by atoms with Crippen LogP contribution in [0, 0.1) is 0 Å². The van der Waals surface area contributed by atoms with E-state index in [0.29, 0.717) is 0 Å². The van der Waals surface area contributed by atoms with Crippen molar-refractivity contribution in [3.8, 4) is 33.4 Å². The molecule has 0 saturated carbocycles. The summed E-state index contributed by atoms with van der Waals surface area (Å²) in [5.74, 6) is 0. The van der Waals surface area contributed by atoms with E-state index in [0.717, 1.165) is 22.6 Å². The average Bonchev–Trinajstić information content (AvgIpc) is 2.86. The molecular weight excluding hydrogens is 388 g/mol. The third kappa shape index (κ3) is 3.99. The lowest BCUT2D eigenvalue weighted by atomic mass is 9.86. The van der Waals surface area contributed by atoms with Crippen LogP contribution in [0.2, 0.25) is 0 Å². The van der Waals surface area contributed by atoms with E-state index in [1.807, 2.05) is 30.3 Å². The Balaban J connectivity index is 1.81. The molecule has 154 valence electrons. The molecule has 2 nitrogen and oxygen atoms in total. The Morgan fingerprint density at radius 2 is 0.969 bits per heavy atom. The van der Waals surface area contributed by atoms with Crippen molar-refractivity contribution in [3.63, 3.8) is 0 Å². The van der Waals surface area contributed by atoms with Crippen molar-refractivity contribution >= 4 is 17.1 Å². The van der Waals surface area contributed by atoms with Gasteiger partial charge in [0.25, 0.3) is 0 Å². The van der Waals surface area contributed by atoms with Gasteiger partial charge in [0.2, 0.25) is 0 Å². The molecule has 5 rings (SSSR count). The lowest BCUT2D eigenvalue weighted by Crippen LogP contribution is -1.98. The summed E-state index contributed by atoms with van der Waals surface area (Å²) in [7, 11) is 0. The minimum atomic E-state index is 0.764. The van der Waals surface area contributed by atoms with Crippen LogP contribution in [0.15, 0.2) is 127 Å². The van der Waals surface area contributed by atoms with Crippen LogP contribution in [0.4, 0.5) is 17.1 Å². The highest BCUT2D eigenvalue weighted by atomic mass is 14.9. The topological polar surface area (TPSA) is 38.0 Å². The number of nitrogens with one attached hydrogen (secondary N) is 1. The number of benzene rings is 5. The predicted molar refractivity (Wildman–Crippen MR) is 137 cm³/mol. The van der Waals surface area contributed by atoms with E-state index in [1.165, 1.54) is 27.8 Å². The second-order valence-corrected chi connectivity index (χ2v) is 7.76. The summed E-state index contributed by atoms with van der Waals surface area (Å²) in [4.78, 5) is 0. The minimum absolute atomic E-state index is 0.764. The van der Waals surface area contributed by atoms with E-state index in [4.69, 9.17) is 5.73 Å². The second-order valence-electron chi connectivity index (χ2n) is 7.76. The van der Waals surface area contributed by atoms with E-state index in [2.05, 4.69) is 102 Å². The highest BCUT2D eigenvalue weighted by molar-refractivity contribution is 6.01. The number of hydrogen-bond acceptors (Lipinski definition) is 2. The first-order chi connectivity index (χ1) is 15.8. The van der Waals surface area contributed by atoms with Crippen molar-refractivity contribution < 1.29 is 0 Å². The third-order valence-electron chi connectivity index (χ3n) is 5.60. The Morgan fingerprint density at radius 3 is 1.56 bits per heavy atom. The van der Waals surface area contributed by atoms with Gasteiger partial charge in [0.05, 0.1) is 0 Å². The Morgan fingerprint density at radius 1 is 0.438 bits per heavy atom. The zero-order chi connectivity index (χ0) is 21.8. The normalized spacial score (nSPS) is 10.6. The zero-order valence-corrected chi connectivity index (χ0v) is 17.7. The summed E-state index contributed by atoms with van der Waals surface area (Å²) in [6.45, 7) is 0. The molecule has 0 aliphatic rings. The molecule has 5 aromatic rings. The van der Waals surface area contributed by atoms with Crippen LogP contribution in [0.25, 0.3) is 33.4 Å². The fourth-order valence-corrected chi connectivity index (χ4v) is 4.10. The number of anilines is 3. The Bertz CT molecular complexity index is 1310. The van der Waals surface area contributed by atoms with Gasteiger partial charge in [-0.2, -0.15) is 0 Å². The summed E-state index contributed by atoms with van der Waals surface area (Å²) in [5, 5.41) is 3.65. The van der Waals surface area contributed by atoms with E-state index < -0.39 is 0 Å². The van der Waals surface area contributed by atoms with Gasteiger partial charge in [-0.3, -0.25) is 0 Å². The van der Waals surface area contributed by atoms with E-state index >= 15 is 0 Å². The largest absolute Gasteiger partial charge is 0.399 e. The number of nitrogen functional groups attached to an aromatic ring is 1. The summed E-state index contributed by atoms with van der Waals surface area (Å²) < 4.78 is 0. The summed E-state index contributed by atoms with van der Waals surface area (Å²) >= 11 is 0. The van der Waals surface area contributed by atoms with Gasteiger partial charge in [0, 0.05) is 22.6 Å². The first-order valence-electron chi connectivity index (χ1n) is 10.8. The van der Waals surface area contributed by atoms with Gasteiger partial charge in [-0.15, -0.1) is 0 Å². The molecule has 0 fully saturated rings. The zero-order valence-electron chi connectivity index (χ0n) is 17.7. The van der Waals surface area contributed by atoms with Gasteiger partial charge in [0.1, 0.15) is 0 Å². The van der Waals surface area contributed by atoms with Crippen LogP contribution < -0.4 is 11.1 Å². The standard InChI is InChI=1S/C30H24N2/c31-25-18-16-22(17-19-25)27-20-21-28(32-26-14-8-3-9-15-26)30(24-12-6-2-7-13-24)29(27)23-10-4-1-5-11-23/h1-21,32H,31H2. The second kappa shape index (κ2) is 8.83. The monoisotopic (exact) mass is 412 g/mol. The third-order valence-corrected chi connectivity index (χ3v) is 5.60. The van der Waals surface area contributed by atoms with Gasteiger partial charge in [-0.1, -0.05) is 97.1 Å². The first-order valence-corrected chi connectivity index (χ1v) is 10.8. The van der Waals surface area contributed by atoms with Gasteiger partial charge in [0.15, 0.2) is 0 Å². The Labute approximate surface area is 189 Å². The molecule has 0 aliphatic carbocycles. The van der Waals surface area contributed by atoms with Gasteiger partial charge >= 0.3 is 0 Å². The van der Waals surface area contributed by atoms with Crippen molar-refractivity contribution in [2.75, 3.05) is 11.1 Å². The fourth-order valence-electron chi connectivity index (χ4n) is 4.10. The Kier molecular flexibility index (Phi) is 5.42. The molecular formula is C30H24N2. The van der Waals surface area contributed by atoms with E-state index in [9.17, 15) is 0 Å². The SMILES string of the molecule is Nc1ccc(-c2ccc(Nc3ccccc3)c(-c3ccccc3)c2-c2ccccc2)cc1. The summed E-state index contributed by atoms with van der Waals surface area (Å²) in [6.07, 6.45) is 0. The molecule has 0 spiro atoms. The average molecular weight is 413 g/mol. The quantitative estimate of drug-likeness (QED) is 0.287. The molecule has 0 aromatic heterocycles. The molecule has 0 amide bonds. The molecule has 0 atom stereocenters. The Hall–Kier alpha value is -4.30. The van der Waals surface area contributed by atoms with Crippen molar-refractivity contribution in [3.05, 3.63) is 127 Å². The van der Waals surface area contributed by atoms with Crippen molar-refractivity contribution in [1.82, 2.24) is 0 Å². The minimum Gasteiger partial charge on any atom is -0.399 e. The van der Waals surface area contributed by atoms with Gasteiger partial charge < -0.3 is 11.1 Å². The van der Waals surface area contributed by atoms with Crippen molar-refractivity contribution in [2.45, 2.75) is 0 Å². The number of hydrogen-bond donors (Lipinski definition) is 2. The molecule has 2 heteroatoms. The lowest BCUT2D eigenvalue weighted by molar-refractivity contribution is 1.51. The maximum atomic E-state index is 5.97. The first kappa shape index (κ1) is 19.7. The lowest BCUT2D eigenvalue weighted by Gasteiger charge is -2.21. The molecule has 0 bridgehead atoms. The van der Waals surface area contributed by atoms with Crippen molar-refractivity contribution in [2.24, 2.45) is 0 Å². The summed E-state index contributed by atoms with van der Waals surface area (Å²) in [5.41, 5.74) is 15.9. The molecule has 0 saturated heterocycles. The highest BCUT2D eigenvalue weighted by Gasteiger charge is 2.18. The number of nitrogens with two attached hydrogens (primary N) is 1. The van der Waals surface area contributed by atoms with E-state index in [1.54, 1.807) is 0 Å². The highest BCUT2D eigenvalue weighted by Crippen LogP contribution is 2.45. The van der Waals surface area contributed by atoms with E-state index in [-0.39, 0.29) is 0 Å². The fraction of sp³-hybridized carbons (Fsp3) is 0. The van der Waals surface area contributed by atoms with Crippen LogP contribution in [0.5, 0.6) is 0 Å².